The van der Waals surface area contributed by atoms with E-state index in [0.29, 0.717) is 30.3 Å². The van der Waals surface area contributed by atoms with Crippen LogP contribution in [0.5, 0.6) is 11.5 Å². The van der Waals surface area contributed by atoms with Crippen molar-refractivity contribution >= 4 is 67.2 Å². The Morgan fingerprint density at radius 3 is 2.52 bits per heavy atom. The van der Waals surface area contributed by atoms with Gasteiger partial charge in [0.05, 0.1) is 20.2 Å². The van der Waals surface area contributed by atoms with Crippen molar-refractivity contribution in [2.45, 2.75) is 13.0 Å². The van der Waals surface area contributed by atoms with Crippen molar-refractivity contribution in [1.82, 2.24) is 5.43 Å². The van der Waals surface area contributed by atoms with E-state index in [1.807, 2.05) is 0 Å². The highest BCUT2D eigenvalue weighted by Crippen LogP contribution is 2.32. The number of ether oxygens (including phenoxy) is 1. The van der Waals surface area contributed by atoms with E-state index in [-0.39, 0.29) is 5.75 Å². The van der Waals surface area contributed by atoms with Crippen molar-refractivity contribution in [3.63, 3.8) is 0 Å². The zero-order valence-corrected chi connectivity index (χ0v) is 17.4. The summed E-state index contributed by atoms with van der Waals surface area (Å²) in [4.78, 5) is 12.0. The van der Waals surface area contributed by atoms with Crippen LogP contribution in [0.3, 0.4) is 0 Å². The fourth-order valence-corrected chi connectivity index (χ4v) is 3.41. The number of amides is 1. The Bertz CT molecular complexity index is 808. The summed E-state index contributed by atoms with van der Waals surface area (Å²) < 4.78 is 6.50. The van der Waals surface area contributed by atoms with Gasteiger partial charge in [-0.15, -0.1) is 0 Å². The van der Waals surface area contributed by atoms with Crippen LogP contribution in [0, 0.1) is 0 Å². The predicted octanol–water partition coefficient (Wildman–Crippen LogP) is 5.14. The zero-order chi connectivity index (χ0) is 18.6. The van der Waals surface area contributed by atoms with E-state index in [4.69, 9.17) is 27.9 Å². The number of nitrogens with one attached hydrogen (secondary N) is 1. The van der Waals surface area contributed by atoms with Crippen molar-refractivity contribution < 1.29 is 14.6 Å². The molecule has 0 aliphatic heterocycles. The number of hydrazone groups is 1. The van der Waals surface area contributed by atoms with Crippen molar-refractivity contribution in [3.05, 3.63) is 54.9 Å². The summed E-state index contributed by atoms with van der Waals surface area (Å²) in [6, 6.07) is 8.05. The normalized spacial score (nSPS) is 12.2. The molecule has 25 heavy (non-hydrogen) atoms. The molecule has 1 atom stereocenters. The minimum atomic E-state index is -0.811. The van der Waals surface area contributed by atoms with Crippen LogP contribution in [0.15, 0.2) is 44.4 Å². The third kappa shape index (κ3) is 5.60. The summed E-state index contributed by atoms with van der Waals surface area (Å²) in [6.45, 7) is 1.57. The maximum atomic E-state index is 12.0. The van der Waals surface area contributed by atoms with E-state index in [2.05, 4.69) is 42.4 Å². The van der Waals surface area contributed by atoms with E-state index >= 15 is 0 Å². The summed E-state index contributed by atoms with van der Waals surface area (Å²) in [5, 5.41) is 14.3. The quantitative estimate of drug-likeness (QED) is 0.432. The maximum absolute atomic E-state index is 12.0. The van der Waals surface area contributed by atoms with Crippen LogP contribution in [0.1, 0.15) is 12.5 Å². The number of halogens is 4. The van der Waals surface area contributed by atoms with Crippen LogP contribution in [0.2, 0.25) is 10.0 Å². The molecule has 1 amide bonds. The monoisotopic (exact) mass is 508 g/mol. The van der Waals surface area contributed by atoms with Crippen LogP contribution < -0.4 is 10.2 Å². The van der Waals surface area contributed by atoms with Gasteiger partial charge < -0.3 is 9.84 Å². The number of carbonyl (C=O) groups is 1. The number of hydrogen-bond donors (Lipinski definition) is 2. The molecule has 0 aliphatic rings. The van der Waals surface area contributed by atoms with Crippen molar-refractivity contribution in [2.75, 3.05) is 0 Å². The average molecular weight is 511 g/mol. The molecule has 0 saturated heterocycles. The van der Waals surface area contributed by atoms with Crippen LogP contribution in [0.25, 0.3) is 0 Å². The van der Waals surface area contributed by atoms with Crippen molar-refractivity contribution in [3.8, 4) is 11.5 Å². The third-order valence-electron chi connectivity index (χ3n) is 2.99. The first-order chi connectivity index (χ1) is 11.8. The first kappa shape index (κ1) is 20.0. The molecule has 2 N–H and O–H groups in total. The van der Waals surface area contributed by atoms with E-state index in [1.165, 1.54) is 12.3 Å². The fourth-order valence-electron chi connectivity index (χ4n) is 1.74. The molecule has 0 heterocycles. The SMILES string of the molecule is C[C@@H](Oc1ccc(Cl)cc1Cl)C(=O)N/N=C\c1cc(Br)c(O)c(Br)c1. The van der Waals surface area contributed by atoms with Gasteiger partial charge in [-0.2, -0.15) is 5.10 Å². The number of carbonyl (C=O) groups excluding carboxylic acids is 1. The Morgan fingerprint density at radius 1 is 1.28 bits per heavy atom. The average Bonchev–Trinajstić information content (AvgIpc) is 2.54. The van der Waals surface area contributed by atoms with Gasteiger partial charge in [0, 0.05) is 5.02 Å². The van der Waals surface area contributed by atoms with Gasteiger partial charge in [-0.1, -0.05) is 23.2 Å². The number of aromatic hydroxyl groups is 1. The zero-order valence-electron chi connectivity index (χ0n) is 12.8. The number of benzene rings is 2. The molecule has 2 aromatic rings. The maximum Gasteiger partial charge on any atom is 0.280 e. The molecule has 0 aliphatic carbocycles. The Hall–Kier alpha value is -1.28. The summed E-state index contributed by atoms with van der Waals surface area (Å²) >= 11 is 18.3. The van der Waals surface area contributed by atoms with Crippen molar-refractivity contribution in [1.29, 1.82) is 0 Å². The van der Waals surface area contributed by atoms with Crippen molar-refractivity contribution in [2.24, 2.45) is 5.10 Å². The Morgan fingerprint density at radius 2 is 1.92 bits per heavy atom. The molecule has 0 saturated carbocycles. The second-order valence-electron chi connectivity index (χ2n) is 4.90. The first-order valence-corrected chi connectivity index (χ1v) is 9.24. The fraction of sp³-hybridized carbons (Fsp3) is 0.125. The Balaban J connectivity index is 1.97. The van der Waals surface area contributed by atoms with Gasteiger partial charge in [0.2, 0.25) is 0 Å². The minimum absolute atomic E-state index is 0.0862. The number of rotatable bonds is 5. The summed E-state index contributed by atoms with van der Waals surface area (Å²) in [6.07, 6.45) is 0.628. The van der Waals surface area contributed by atoms with Gasteiger partial charge in [-0.25, -0.2) is 5.43 Å². The topological polar surface area (TPSA) is 70.9 Å². The van der Waals surface area contributed by atoms with Gasteiger partial charge in [-0.3, -0.25) is 4.79 Å². The van der Waals surface area contributed by atoms with Crippen LogP contribution in [0.4, 0.5) is 0 Å². The molecular weight excluding hydrogens is 499 g/mol. The predicted molar refractivity (Wildman–Crippen MR) is 106 cm³/mol. The lowest BCUT2D eigenvalue weighted by molar-refractivity contribution is -0.127. The molecule has 0 fully saturated rings. The van der Waals surface area contributed by atoms with E-state index < -0.39 is 12.0 Å². The highest BCUT2D eigenvalue weighted by molar-refractivity contribution is 9.11. The smallest absolute Gasteiger partial charge is 0.280 e. The number of phenolic OH excluding ortho intramolecular Hbond substituents is 1. The number of nitrogens with zero attached hydrogens (tertiary/aromatic N) is 1. The highest BCUT2D eigenvalue weighted by atomic mass is 79.9. The molecule has 132 valence electrons. The Labute approximate surface area is 171 Å². The molecule has 0 spiro atoms. The molecule has 9 heteroatoms. The van der Waals surface area contributed by atoms with Crippen LogP contribution in [-0.4, -0.2) is 23.3 Å². The highest BCUT2D eigenvalue weighted by Gasteiger charge is 2.15. The molecular formula is C16H12Br2Cl2N2O3. The van der Waals surface area contributed by atoms with E-state index in [0.717, 1.165) is 0 Å². The molecule has 5 nitrogen and oxygen atoms in total. The second kappa shape index (κ2) is 8.89. The van der Waals surface area contributed by atoms with Crippen LogP contribution >= 0.6 is 55.1 Å². The summed E-state index contributed by atoms with van der Waals surface area (Å²) in [5.41, 5.74) is 3.05. The largest absolute Gasteiger partial charge is 0.506 e. The molecule has 0 aromatic heterocycles. The molecule has 0 unspecified atom stereocenters. The van der Waals surface area contributed by atoms with Crippen LogP contribution in [-0.2, 0) is 4.79 Å². The molecule has 2 aromatic carbocycles. The Kier molecular flexibility index (Phi) is 7.13. The molecule has 2 rings (SSSR count). The van der Waals surface area contributed by atoms with Gasteiger partial charge in [0.25, 0.3) is 5.91 Å². The second-order valence-corrected chi connectivity index (χ2v) is 7.45. The van der Waals surface area contributed by atoms with Gasteiger partial charge in [0.15, 0.2) is 6.10 Å². The first-order valence-electron chi connectivity index (χ1n) is 6.90. The summed E-state index contributed by atoms with van der Waals surface area (Å²) in [7, 11) is 0. The standard InChI is InChI=1S/C16H12Br2Cl2N2O3/c1-8(25-14-3-2-10(19)6-13(14)20)16(24)22-21-7-9-4-11(17)15(23)12(18)5-9/h2-8,23H,1H3,(H,22,24)/b21-7-/t8-/m1/s1. The molecule has 0 radical (unpaired) electrons. The van der Waals surface area contributed by atoms with E-state index in [1.54, 1.807) is 31.2 Å². The summed E-state index contributed by atoms with van der Waals surface area (Å²) in [5.74, 6) is -0.00804. The molecule has 0 bridgehead atoms. The van der Waals surface area contributed by atoms with Gasteiger partial charge in [0.1, 0.15) is 11.5 Å². The van der Waals surface area contributed by atoms with Gasteiger partial charge in [-0.05, 0) is 74.7 Å². The number of hydrogen-bond acceptors (Lipinski definition) is 4. The lowest BCUT2D eigenvalue weighted by Gasteiger charge is -2.14. The lowest BCUT2D eigenvalue weighted by atomic mass is 10.2. The lowest BCUT2D eigenvalue weighted by Crippen LogP contribution is -2.33. The minimum Gasteiger partial charge on any atom is -0.506 e. The van der Waals surface area contributed by atoms with Gasteiger partial charge >= 0.3 is 0 Å². The number of phenols is 1. The third-order valence-corrected chi connectivity index (χ3v) is 4.73. The van der Waals surface area contributed by atoms with E-state index in [9.17, 15) is 9.90 Å².